The SMILES string of the molecule is CCNC(O)Nc1ncc(CN2CCN(c3c(F)cc(C#N)cc3F)CC2)s1. The molecule has 1 aliphatic heterocycles. The number of halogens is 2. The average Bonchev–Trinajstić information content (AvgIpc) is 3.09. The molecule has 1 aromatic carbocycles. The van der Waals surface area contributed by atoms with Crippen molar-refractivity contribution in [3.63, 3.8) is 0 Å². The predicted molar refractivity (Wildman–Crippen MR) is 104 cm³/mol. The van der Waals surface area contributed by atoms with Gasteiger partial charge in [-0.25, -0.2) is 13.8 Å². The Morgan fingerprint density at radius 2 is 1.96 bits per heavy atom. The van der Waals surface area contributed by atoms with Gasteiger partial charge in [0.25, 0.3) is 0 Å². The smallest absolute Gasteiger partial charge is 0.185 e. The number of aliphatic hydroxyl groups excluding tert-OH is 1. The Morgan fingerprint density at radius 3 is 2.57 bits per heavy atom. The first kappa shape index (κ1) is 20.4. The zero-order chi connectivity index (χ0) is 20.1. The van der Waals surface area contributed by atoms with E-state index in [1.165, 1.54) is 11.3 Å². The molecule has 1 fully saturated rings. The Morgan fingerprint density at radius 1 is 1.29 bits per heavy atom. The normalized spacial score (nSPS) is 16.0. The van der Waals surface area contributed by atoms with Crippen LogP contribution in [0.5, 0.6) is 0 Å². The van der Waals surface area contributed by atoms with Crippen LogP contribution in [0.25, 0.3) is 0 Å². The van der Waals surface area contributed by atoms with Crippen molar-refractivity contribution in [3.8, 4) is 6.07 Å². The van der Waals surface area contributed by atoms with Gasteiger partial charge in [-0.3, -0.25) is 10.2 Å². The van der Waals surface area contributed by atoms with Crippen LogP contribution in [0, 0.1) is 23.0 Å². The quantitative estimate of drug-likeness (QED) is 0.603. The van der Waals surface area contributed by atoms with Crippen molar-refractivity contribution in [1.29, 1.82) is 5.26 Å². The molecule has 0 radical (unpaired) electrons. The molecule has 1 aliphatic rings. The molecule has 1 aromatic heterocycles. The van der Waals surface area contributed by atoms with Gasteiger partial charge in [-0.15, -0.1) is 11.3 Å². The molecule has 10 heteroatoms. The number of aromatic nitrogens is 1. The number of nitriles is 1. The van der Waals surface area contributed by atoms with E-state index in [9.17, 15) is 13.9 Å². The third-order valence-corrected chi connectivity index (χ3v) is 5.34. The van der Waals surface area contributed by atoms with E-state index in [0.717, 1.165) is 17.0 Å². The molecular formula is C18H22F2N6OS. The van der Waals surface area contributed by atoms with Gasteiger partial charge in [0, 0.05) is 43.8 Å². The minimum Gasteiger partial charge on any atom is -0.364 e. The zero-order valence-corrected chi connectivity index (χ0v) is 16.3. The van der Waals surface area contributed by atoms with Gasteiger partial charge in [0.2, 0.25) is 0 Å². The maximum atomic E-state index is 14.2. The fourth-order valence-electron chi connectivity index (χ4n) is 3.09. The molecule has 1 unspecified atom stereocenters. The molecule has 0 aliphatic carbocycles. The second kappa shape index (κ2) is 9.25. The lowest BCUT2D eigenvalue weighted by Gasteiger charge is -2.36. The second-order valence-corrected chi connectivity index (χ2v) is 7.51. The number of thiazole rings is 1. The highest BCUT2D eigenvalue weighted by Crippen LogP contribution is 2.27. The molecule has 1 saturated heterocycles. The van der Waals surface area contributed by atoms with Crippen LogP contribution < -0.4 is 15.5 Å². The zero-order valence-electron chi connectivity index (χ0n) is 15.5. The molecule has 28 heavy (non-hydrogen) atoms. The van der Waals surface area contributed by atoms with Gasteiger partial charge < -0.3 is 15.3 Å². The van der Waals surface area contributed by atoms with Gasteiger partial charge in [0.05, 0.1) is 11.6 Å². The lowest BCUT2D eigenvalue weighted by molar-refractivity contribution is 0.168. The van der Waals surface area contributed by atoms with Crippen LogP contribution in [-0.2, 0) is 6.54 Å². The summed E-state index contributed by atoms with van der Waals surface area (Å²) in [6.07, 6.45) is 0.919. The lowest BCUT2D eigenvalue weighted by atomic mass is 10.1. The van der Waals surface area contributed by atoms with Crippen molar-refractivity contribution >= 4 is 22.2 Å². The number of hydrogen-bond acceptors (Lipinski definition) is 8. The highest BCUT2D eigenvalue weighted by Gasteiger charge is 2.23. The third kappa shape index (κ3) is 4.94. The van der Waals surface area contributed by atoms with E-state index >= 15 is 0 Å². The molecule has 7 nitrogen and oxygen atoms in total. The van der Waals surface area contributed by atoms with Crippen molar-refractivity contribution in [2.45, 2.75) is 19.8 Å². The van der Waals surface area contributed by atoms with E-state index < -0.39 is 18.0 Å². The molecule has 3 rings (SSSR count). The summed E-state index contributed by atoms with van der Waals surface area (Å²) >= 11 is 1.46. The molecular weight excluding hydrogens is 386 g/mol. The van der Waals surface area contributed by atoms with Crippen LogP contribution in [0.2, 0.25) is 0 Å². The van der Waals surface area contributed by atoms with Crippen LogP contribution in [0.4, 0.5) is 19.6 Å². The van der Waals surface area contributed by atoms with Gasteiger partial charge in [-0.1, -0.05) is 6.92 Å². The minimum atomic E-state index is -0.843. The molecule has 150 valence electrons. The Balaban J connectivity index is 1.55. The van der Waals surface area contributed by atoms with Crippen molar-refractivity contribution in [1.82, 2.24) is 15.2 Å². The molecule has 1 atom stereocenters. The number of piperazine rings is 1. The lowest BCUT2D eigenvalue weighted by Crippen LogP contribution is -2.46. The standard InChI is InChI=1S/C18H22F2N6OS/c1-2-22-17(27)24-18-23-10-13(28-18)11-25-3-5-26(6-4-25)16-14(19)7-12(9-21)8-15(16)20/h7-8,10,17,22,27H,2-6,11H2,1H3,(H,23,24). The molecule has 0 bridgehead atoms. The van der Waals surface area contributed by atoms with Crippen LogP contribution in [-0.4, -0.2) is 54.1 Å². The summed E-state index contributed by atoms with van der Waals surface area (Å²) in [7, 11) is 0. The predicted octanol–water partition coefficient (Wildman–Crippen LogP) is 1.91. The van der Waals surface area contributed by atoms with E-state index in [4.69, 9.17) is 5.26 Å². The highest BCUT2D eigenvalue weighted by molar-refractivity contribution is 7.15. The molecule has 0 spiro atoms. The number of benzene rings is 1. The monoisotopic (exact) mass is 408 g/mol. The molecule has 2 aromatic rings. The second-order valence-electron chi connectivity index (χ2n) is 6.40. The number of anilines is 2. The van der Waals surface area contributed by atoms with E-state index in [2.05, 4.69) is 20.5 Å². The highest BCUT2D eigenvalue weighted by atomic mass is 32.1. The van der Waals surface area contributed by atoms with Gasteiger partial charge in [0.1, 0.15) is 5.69 Å². The minimum absolute atomic E-state index is 0.0220. The van der Waals surface area contributed by atoms with Crippen LogP contribution in [0.1, 0.15) is 17.4 Å². The fourth-order valence-corrected chi connectivity index (χ4v) is 3.97. The number of rotatable bonds is 7. The van der Waals surface area contributed by atoms with Gasteiger partial charge >= 0.3 is 0 Å². The number of aliphatic hydroxyl groups is 1. The Bertz CT molecular complexity index is 824. The van der Waals surface area contributed by atoms with Crippen LogP contribution >= 0.6 is 11.3 Å². The summed E-state index contributed by atoms with van der Waals surface area (Å²) in [4.78, 5) is 9.15. The summed E-state index contributed by atoms with van der Waals surface area (Å²) < 4.78 is 28.4. The maximum Gasteiger partial charge on any atom is 0.185 e. The van der Waals surface area contributed by atoms with E-state index in [1.54, 1.807) is 17.2 Å². The van der Waals surface area contributed by atoms with Crippen molar-refractivity contribution in [3.05, 3.63) is 40.4 Å². The van der Waals surface area contributed by atoms with Gasteiger partial charge in [-0.2, -0.15) is 5.26 Å². The average molecular weight is 408 g/mol. The van der Waals surface area contributed by atoms with E-state index in [-0.39, 0.29) is 11.3 Å². The van der Waals surface area contributed by atoms with Gasteiger partial charge in [-0.05, 0) is 18.7 Å². The first-order chi connectivity index (χ1) is 13.5. The molecule has 0 saturated carbocycles. The Kier molecular flexibility index (Phi) is 6.74. The number of nitrogens with one attached hydrogen (secondary N) is 2. The summed E-state index contributed by atoms with van der Waals surface area (Å²) in [5.41, 5.74) is -0.0911. The summed E-state index contributed by atoms with van der Waals surface area (Å²) in [6, 6.07) is 3.89. The summed E-state index contributed by atoms with van der Waals surface area (Å²) in [5.74, 6) is -1.41. The largest absolute Gasteiger partial charge is 0.364 e. The van der Waals surface area contributed by atoms with Crippen molar-refractivity contribution < 1.29 is 13.9 Å². The Labute approximate surface area is 166 Å². The van der Waals surface area contributed by atoms with Crippen LogP contribution in [0.15, 0.2) is 18.3 Å². The number of nitrogens with zero attached hydrogens (tertiary/aromatic N) is 4. The summed E-state index contributed by atoms with van der Waals surface area (Å²) in [5, 5.41) is 24.8. The fraction of sp³-hybridized carbons (Fsp3) is 0.444. The molecule has 2 heterocycles. The van der Waals surface area contributed by atoms with Crippen LogP contribution in [0.3, 0.4) is 0 Å². The van der Waals surface area contributed by atoms with Crippen molar-refractivity contribution in [2.24, 2.45) is 0 Å². The molecule has 0 amide bonds. The maximum absolute atomic E-state index is 14.2. The summed E-state index contributed by atoms with van der Waals surface area (Å²) in [6.45, 7) is 5.50. The van der Waals surface area contributed by atoms with Gasteiger partial charge in [0.15, 0.2) is 23.1 Å². The first-order valence-corrected chi connectivity index (χ1v) is 9.81. The van der Waals surface area contributed by atoms with Crippen molar-refractivity contribution in [2.75, 3.05) is 42.9 Å². The van der Waals surface area contributed by atoms with E-state index in [0.29, 0.717) is 44.4 Å². The van der Waals surface area contributed by atoms with E-state index in [1.807, 2.05) is 6.92 Å². The topological polar surface area (TPSA) is 87.5 Å². The molecule has 3 N–H and O–H groups in total. The first-order valence-electron chi connectivity index (χ1n) is 8.99. The number of hydrogen-bond donors (Lipinski definition) is 3. The Hall–Kier alpha value is -2.32. The third-order valence-electron chi connectivity index (χ3n) is 4.43.